The molecule has 10 aromatic rings. The van der Waals surface area contributed by atoms with Crippen molar-refractivity contribution in [2.24, 2.45) is 23.7 Å². The van der Waals surface area contributed by atoms with E-state index >= 15 is 0 Å². The SMILES string of the molecule is c1ccc(-c2cccc(-n3c4ccccc4c4cc(-c5ccc6c(c5)c5ccccc5n6-c5ccc6c(c5)C5(c7ccccc7-6)C6CC7CC(C6)CC5C7)ccc43)c2)cc1. The molecule has 2 aromatic heterocycles. The Kier molecular flexibility index (Phi) is 6.76. The van der Waals surface area contributed by atoms with Crippen molar-refractivity contribution in [3.63, 3.8) is 0 Å². The van der Waals surface area contributed by atoms with Gasteiger partial charge in [0.25, 0.3) is 0 Å². The number of aromatic nitrogens is 2. The lowest BCUT2D eigenvalue weighted by Crippen LogP contribution is -2.55. The normalized spacial score (nSPS) is 22.4. The number of fused-ring (bicyclic) bond motifs is 9. The average Bonchev–Trinajstić information content (AvgIpc) is 3.92. The highest BCUT2D eigenvalue weighted by molar-refractivity contribution is 6.13. The number of hydrogen-bond acceptors (Lipinski definition) is 0. The first-order valence-corrected chi connectivity index (χ1v) is 22.2. The van der Waals surface area contributed by atoms with Gasteiger partial charge >= 0.3 is 0 Å². The van der Waals surface area contributed by atoms with Crippen LogP contribution in [-0.2, 0) is 5.41 Å². The molecule has 0 radical (unpaired) electrons. The zero-order valence-electron chi connectivity index (χ0n) is 33.6. The first-order valence-electron chi connectivity index (χ1n) is 22.2. The molecular formula is C58H44N2. The van der Waals surface area contributed by atoms with Crippen LogP contribution in [0.25, 0.3) is 88.4 Å². The molecule has 0 unspecified atom stereocenters. The molecule has 2 nitrogen and oxygen atoms in total. The second-order valence-electron chi connectivity index (χ2n) is 18.5. The smallest absolute Gasteiger partial charge is 0.0541 e. The van der Waals surface area contributed by atoms with Gasteiger partial charge in [-0.15, -0.1) is 0 Å². The second-order valence-corrected chi connectivity index (χ2v) is 18.5. The highest BCUT2D eigenvalue weighted by Gasteiger charge is 2.61. The number of benzene rings is 8. The molecule has 60 heavy (non-hydrogen) atoms. The summed E-state index contributed by atoms with van der Waals surface area (Å²) in [6.07, 6.45) is 7.07. The van der Waals surface area contributed by atoms with E-state index in [9.17, 15) is 0 Å². The molecule has 0 N–H and O–H groups in total. The van der Waals surface area contributed by atoms with Crippen molar-refractivity contribution in [2.45, 2.75) is 37.5 Å². The summed E-state index contributed by atoms with van der Waals surface area (Å²) >= 11 is 0. The van der Waals surface area contributed by atoms with E-state index in [1.165, 1.54) is 120 Å². The summed E-state index contributed by atoms with van der Waals surface area (Å²) in [6.45, 7) is 0. The molecule has 0 amide bonds. The van der Waals surface area contributed by atoms with E-state index in [4.69, 9.17) is 0 Å². The minimum absolute atomic E-state index is 0.147. The van der Waals surface area contributed by atoms with Crippen LogP contribution in [0.5, 0.6) is 0 Å². The van der Waals surface area contributed by atoms with Gasteiger partial charge in [0.15, 0.2) is 0 Å². The second kappa shape index (κ2) is 12.2. The van der Waals surface area contributed by atoms with Gasteiger partial charge in [-0.1, -0.05) is 121 Å². The van der Waals surface area contributed by atoms with Crippen LogP contribution in [-0.4, -0.2) is 9.13 Å². The van der Waals surface area contributed by atoms with Gasteiger partial charge in [-0.25, -0.2) is 0 Å². The molecular weight excluding hydrogens is 725 g/mol. The Morgan fingerprint density at radius 1 is 0.333 bits per heavy atom. The van der Waals surface area contributed by atoms with E-state index in [1.807, 2.05) is 0 Å². The van der Waals surface area contributed by atoms with Gasteiger partial charge in [-0.3, -0.25) is 0 Å². The van der Waals surface area contributed by atoms with E-state index in [-0.39, 0.29) is 5.41 Å². The first-order chi connectivity index (χ1) is 29.7. The van der Waals surface area contributed by atoms with Crippen molar-refractivity contribution in [3.8, 4) is 44.8 Å². The van der Waals surface area contributed by atoms with Crippen molar-refractivity contribution in [1.82, 2.24) is 9.13 Å². The minimum Gasteiger partial charge on any atom is -0.309 e. The van der Waals surface area contributed by atoms with Crippen LogP contribution in [0.15, 0.2) is 182 Å². The number of hydrogen-bond donors (Lipinski definition) is 0. The molecule has 0 atom stereocenters. The summed E-state index contributed by atoms with van der Waals surface area (Å²) in [5.41, 5.74) is 18.7. The van der Waals surface area contributed by atoms with Gasteiger partial charge in [-0.05, 0) is 161 Å². The Hall–Kier alpha value is -6.64. The maximum absolute atomic E-state index is 2.64. The summed E-state index contributed by atoms with van der Waals surface area (Å²) in [6, 6.07) is 68.8. The lowest BCUT2D eigenvalue weighted by Gasteiger charge is -2.61. The van der Waals surface area contributed by atoms with E-state index in [0.717, 1.165) is 23.7 Å². The van der Waals surface area contributed by atoms with Crippen LogP contribution >= 0.6 is 0 Å². The standard InChI is InChI=1S/C58H44N2/c1-2-11-38(12-3-1)39-13-10-14-44(32-39)59-54-19-8-5-16-48(54)50-33-40(21-25-56(50)59)41-22-26-57-51(34-41)49-17-6-9-20-55(49)60(57)45-23-24-47-46-15-4-7-18-52(46)58(53(47)35-45)42-28-36-27-37(30-42)31-43(58)29-36/h1-26,32-37,42-43H,27-31H2. The Labute approximate surface area is 350 Å². The molecule has 0 saturated heterocycles. The lowest BCUT2D eigenvalue weighted by atomic mass is 9.43. The summed E-state index contributed by atoms with van der Waals surface area (Å²) in [7, 11) is 0. The maximum Gasteiger partial charge on any atom is 0.0541 e. The molecule has 5 aliphatic carbocycles. The van der Waals surface area contributed by atoms with E-state index in [1.54, 1.807) is 11.1 Å². The van der Waals surface area contributed by atoms with Gasteiger partial charge in [-0.2, -0.15) is 0 Å². The molecule has 286 valence electrons. The molecule has 15 rings (SSSR count). The average molecular weight is 769 g/mol. The number of rotatable bonds is 4. The van der Waals surface area contributed by atoms with Gasteiger partial charge in [0.2, 0.25) is 0 Å². The Balaban J connectivity index is 0.914. The predicted octanol–water partition coefficient (Wildman–Crippen LogP) is 14.9. The molecule has 1 spiro atoms. The number of nitrogens with zero attached hydrogens (tertiary/aromatic N) is 2. The molecule has 0 aliphatic heterocycles. The minimum atomic E-state index is 0.147. The lowest BCUT2D eigenvalue weighted by molar-refractivity contribution is -0.0399. The van der Waals surface area contributed by atoms with Gasteiger partial charge in [0, 0.05) is 38.3 Å². The highest BCUT2D eigenvalue weighted by atomic mass is 15.0. The van der Waals surface area contributed by atoms with Crippen LogP contribution in [0.4, 0.5) is 0 Å². The van der Waals surface area contributed by atoms with Crippen LogP contribution in [0.2, 0.25) is 0 Å². The summed E-state index contributed by atoms with van der Waals surface area (Å²) in [4.78, 5) is 0. The molecule has 8 aromatic carbocycles. The fraction of sp³-hybridized carbons (Fsp3) is 0.172. The van der Waals surface area contributed by atoms with Crippen LogP contribution in [0.1, 0.15) is 43.2 Å². The third-order valence-corrected chi connectivity index (χ3v) is 15.7. The van der Waals surface area contributed by atoms with E-state index in [2.05, 4.69) is 191 Å². The molecule has 2 heterocycles. The largest absolute Gasteiger partial charge is 0.309 e. The van der Waals surface area contributed by atoms with Gasteiger partial charge in [0.05, 0.1) is 22.1 Å². The van der Waals surface area contributed by atoms with Crippen molar-refractivity contribution in [1.29, 1.82) is 0 Å². The predicted molar refractivity (Wildman–Crippen MR) is 249 cm³/mol. The highest BCUT2D eigenvalue weighted by Crippen LogP contribution is 2.69. The summed E-state index contributed by atoms with van der Waals surface area (Å²) in [5.74, 6) is 3.36. The Morgan fingerprint density at radius 3 is 1.52 bits per heavy atom. The fourth-order valence-corrected chi connectivity index (χ4v) is 13.6. The van der Waals surface area contributed by atoms with Gasteiger partial charge in [0.1, 0.15) is 0 Å². The maximum atomic E-state index is 2.64. The van der Waals surface area contributed by atoms with Crippen molar-refractivity contribution < 1.29 is 0 Å². The molecule has 5 aliphatic rings. The zero-order chi connectivity index (χ0) is 39.1. The molecule has 4 bridgehead atoms. The van der Waals surface area contributed by atoms with Crippen molar-refractivity contribution in [3.05, 3.63) is 193 Å². The molecule has 4 saturated carbocycles. The Bertz CT molecular complexity index is 3370. The van der Waals surface area contributed by atoms with Gasteiger partial charge < -0.3 is 9.13 Å². The monoisotopic (exact) mass is 768 g/mol. The molecule has 4 fully saturated rings. The van der Waals surface area contributed by atoms with E-state index < -0.39 is 0 Å². The van der Waals surface area contributed by atoms with Crippen LogP contribution < -0.4 is 0 Å². The Morgan fingerprint density at radius 2 is 0.850 bits per heavy atom. The third-order valence-electron chi connectivity index (χ3n) is 15.7. The number of para-hydroxylation sites is 2. The first kappa shape index (κ1) is 33.2. The quantitative estimate of drug-likeness (QED) is 0.169. The van der Waals surface area contributed by atoms with Crippen molar-refractivity contribution in [2.75, 3.05) is 0 Å². The fourth-order valence-electron chi connectivity index (χ4n) is 13.6. The zero-order valence-corrected chi connectivity index (χ0v) is 33.6. The third kappa shape index (κ3) is 4.44. The molecule has 2 heteroatoms. The van der Waals surface area contributed by atoms with Crippen LogP contribution in [0.3, 0.4) is 0 Å². The van der Waals surface area contributed by atoms with Crippen LogP contribution in [0, 0.1) is 23.7 Å². The van der Waals surface area contributed by atoms with Crippen molar-refractivity contribution >= 4 is 43.6 Å². The summed E-state index contributed by atoms with van der Waals surface area (Å²) in [5, 5.41) is 5.15. The topological polar surface area (TPSA) is 9.86 Å². The summed E-state index contributed by atoms with van der Waals surface area (Å²) < 4.78 is 4.99. The van der Waals surface area contributed by atoms with E-state index in [0.29, 0.717) is 0 Å².